The molecular formula is C19H21N3O5S. The Bertz CT molecular complexity index is 1030. The summed E-state index contributed by atoms with van der Waals surface area (Å²) < 4.78 is 26.8. The lowest BCUT2D eigenvalue weighted by atomic mass is 10.1. The Morgan fingerprint density at radius 3 is 2.50 bits per heavy atom. The van der Waals surface area contributed by atoms with Gasteiger partial charge in [0.2, 0.25) is 10.0 Å². The van der Waals surface area contributed by atoms with E-state index in [-0.39, 0.29) is 16.1 Å². The van der Waals surface area contributed by atoms with Gasteiger partial charge >= 0.3 is 0 Å². The molecule has 0 saturated heterocycles. The van der Waals surface area contributed by atoms with Crippen molar-refractivity contribution >= 4 is 27.3 Å². The Balaban J connectivity index is 1.96. The minimum absolute atomic E-state index is 0.0141. The van der Waals surface area contributed by atoms with Crippen molar-refractivity contribution in [3.05, 3.63) is 63.7 Å². The third kappa shape index (κ3) is 3.38. The molecule has 8 nitrogen and oxygen atoms in total. The molecule has 28 heavy (non-hydrogen) atoms. The van der Waals surface area contributed by atoms with E-state index in [9.17, 15) is 23.3 Å². The zero-order valence-corrected chi connectivity index (χ0v) is 16.5. The highest BCUT2D eigenvalue weighted by atomic mass is 32.2. The molecule has 0 fully saturated rings. The van der Waals surface area contributed by atoms with E-state index in [1.807, 2.05) is 0 Å². The van der Waals surface area contributed by atoms with Crippen LogP contribution in [0.3, 0.4) is 0 Å². The molecule has 0 bridgehead atoms. The third-order valence-electron chi connectivity index (χ3n) is 4.87. The number of sulfonamides is 1. The van der Waals surface area contributed by atoms with Gasteiger partial charge in [-0.05, 0) is 36.2 Å². The number of amides is 1. The van der Waals surface area contributed by atoms with Crippen LogP contribution < -0.4 is 4.90 Å². The zero-order chi connectivity index (χ0) is 20.5. The molecule has 1 aliphatic rings. The van der Waals surface area contributed by atoms with Gasteiger partial charge in [0.1, 0.15) is 5.56 Å². The summed E-state index contributed by atoms with van der Waals surface area (Å²) >= 11 is 0. The number of nitro benzene ring substituents is 1. The van der Waals surface area contributed by atoms with Gasteiger partial charge in [-0.1, -0.05) is 26.0 Å². The minimum Gasteiger partial charge on any atom is -0.308 e. The van der Waals surface area contributed by atoms with Crippen LogP contribution in [-0.2, 0) is 16.4 Å². The van der Waals surface area contributed by atoms with E-state index in [1.54, 1.807) is 32.0 Å². The first kappa shape index (κ1) is 20.0. The number of hydrogen-bond acceptors (Lipinski definition) is 5. The number of hydrogen-bond donors (Lipinski definition) is 0. The predicted octanol–water partition coefficient (Wildman–Crippen LogP) is 2.83. The predicted molar refractivity (Wildman–Crippen MR) is 105 cm³/mol. The van der Waals surface area contributed by atoms with E-state index in [1.165, 1.54) is 33.5 Å². The maximum absolute atomic E-state index is 12.9. The van der Waals surface area contributed by atoms with Crippen molar-refractivity contribution in [2.45, 2.75) is 25.2 Å². The molecule has 1 amide bonds. The number of para-hydroxylation sites is 1. The van der Waals surface area contributed by atoms with Crippen LogP contribution in [0.1, 0.15) is 29.8 Å². The molecule has 148 valence electrons. The van der Waals surface area contributed by atoms with Crippen molar-refractivity contribution < 1.29 is 18.1 Å². The van der Waals surface area contributed by atoms with Crippen molar-refractivity contribution in [3.8, 4) is 0 Å². The largest absolute Gasteiger partial charge is 0.308 e. The van der Waals surface area contributed by atoms with Gasteiger partial charge in [0.05, 0.1) is 9.82 Å². The highest BCUT2D eigenvalue weighted by Gasteiger charge is 2.31. The molecule has 0 radical (unpaired) electrons. The number of carbonyl (C=O) groups excluding carboxylic acids is 1. The summed E-state index contributed by atoms with van der Waals surface area (Å²) in [7, 11) is -3.59. The fourth-order valence-electron chi connectivity index (χ4n) is 3.42. The standard InChI is InChI=1S/C19H21N3O5S/c1-3-20(4-2)28(26,27)15-9-10-17-14(13-15)11-12-21(17)19(23)16-7-5-6-8-18(16)22(24)25/h5-10,13H,3-4,11-12H2,1-2H3. The Morgan fingerprint density at radius 2 is 1.86 bits per heavy atom. The number of rotatable bonds is 6. The van der Waals surface area contributed by atoms with Crippen LogP contribution in [0.25, 0.3) is 0 Å². The van der Waals surface area contributed by atoms with Crippen LogP contribution in [0.5, 0.6) is 0 Å². The second-order valence-electron chi connectivity index (χ2n) is 6.36. The molecule has 0 spiro atoms. The summed E-state index contributed by atoms with van der Waals surface area (Å²) in [6, 6.07) is 10.5. The van der Waals surface area contributed by atoms with Crippen LogP contribution in [-0.4, -0.2) is 43.2 Å². The first-order chi connectivity index (χ1) is 13.3. The number of nitrogens with zero attached hydrogens (tertiary/aromatic N) is 3. The van der Waals surface area contributed by atoms with E-state index in [0.29, 0.717) is 31.7 Å². The molecule has 0 atom stereocenters. The van der Waals surface area contributed by atoms with Gasteiger partial charge in [-0.2, -0.15) is 4.31 Å². The fraction of sp³-hybridized carbons (Fsp3) is 0.316. The molecule has 1 aliphatic heterocycles. The smallest absolute Gasteiger partial charge is 0.282 e. The van der Waals surface area contributed by atoms with E-state index in [0.717, 1.165) is 5.56 Å². The van der Waals surface area contributed by atoms with E-state index >= 15 is 0 Å². The highest BCUT2D eigenvalue weighted by molar-refractivity contribution is 7.89. The monoisotopic (exact) mass is 403 g/mol. The summed E-state index contributed by atoms with van der Waals surface area (Å²) in [6.45, 7) is 4.65. The average Bonchev–Trinajstić information content (AvgIpc) is 3.11. The second kappa shape index (κ2) is 7.69. The number of anilines is 1. The summed E-state index contributed by atoms with van der Waals surface area (Å²) in [5, 5.41) is 11.2. The van der Waals surface area contributed by atoms with Crippen LogP contribution in [0.2, 0.25) is 0 Å². The van der Waals surface area contributed by atoms with Crippen LogP contribution in [0, 0.1) is 10.1 Å². The topological polar surface area (TPSA) is 101 Å². The number of carbonyl (C=O) groups is 1. The van der Waals surface area contributed by atoms with Gasteiger partial charge in [-0.3, -0.25) is 14.9 Å². The molecule has 0 unspecified atom stereocenters. The van der Waals surface area contributed by atoms with Gasteiger partial charge in [-0.15, -0.1) is 0 Å². The molecule has 0 aromatic heterocycles. The minimum atomic E-state index is -3.59. The van der Waals surface area contributed by atoms with Crippen LogP contribution >= 0.6 is 0 Å². The lowest BCUT2D eigenvalue weighted by Crippen LogP contribution is -2.31. The SMILES string of the molecule is CCN(CC)S(=O)(=O)c1ccc2c(c1)CCN2C(=O)c1ccccc1[N+](=O)[O-]. The van der Waals surface area contributed by atoms with Crippen LogP contribution in [0.15, 0.2) is 47.4 Å². The molecule has 2 aromatic carbocycles. The Labute approximate surface area is 163 Å². The van der Waals surface area contributed by atoms with Gasteiger partial charge in [-0.25, -0.2) is 8.42 Å². The molecule has 3 rings (SSSR count). The third-order valence-corrected chi connectivity index (χ3v) is 6.91. The quantitative estimate of drug-likeness (QED) is 0.545. The molecule has 0 aliphatic carbocycles. The number of fused-ring (bicyclic) bond motifs is 1. The Hall–Kier alpha value is -2.78. The number of nitro groups is 1. The van der Waals surface area contributed by atoms with Crippen molar-refractivity contribution in [1.29, 1.82) is 0 Å². The first-order valence-corrected chi connectivity index (χ1v) is 10.4. The van der Waals surface area contributed by atoms with Crippen molar-refractivity contribution in [3.63, 3.8) is 0 Å². The van der Waals surface area contributed by atoms with Crippen LogP contribution in [0.4, 0.5) is 11.4 Å². The van der Waals surface area contributed by atoms with Gasteiger partial charge in [0.25, 0.3) is 11.6 Å². The zero-order valence-electron chi connectivity index (χ0n) is 15.7. The van der Waals surface area contributed by atoms with Crippen molar-refractivity contribution in [2.75, 3.05) is 24.5 Å². The Morgan fingerprint density at radius 1 is 1.18 bits per heavy atom. The second-order valence-corrected chi connectivity index (χ2v) is 8.30. The fourth-order valence-corrected chi connectivity index (χ4v) is 4.93. The lowest BCUT2D eigenvalue weighted by Gasteiger charge is -2.20. The van der Waals surface area contributed by atoms with E-state index in [2.05, 4.69) is 0 Å². The molecular weight excluding hydrogens is 382 g/mol. The highest BCUT2D eigenvalue weighted by Crippen LogP contribution is 2.33. The van der Waals surface area contributed by atoms with Gasteiger partial charge in [0, 0.05) is 31.4 Å². The Kier molecular flexibility index (Phi) is 5.48. The maximum Gasteiger partial charge on any atom is 0.282 e. The van der Waals surface area contributed by atoms with Crippen molar-refractivity contribution in [1.82, 2.24) is 4.31 Å². The lowest BCUT2D eigenvalue weighted by molar-refractivity contribution is -0.385. The normalized spacial score (nSPS) is 13.6. The summed E-state index contributed by atoms with van der Waals surface area (Å²) in [6.07, 6.45) is 0.489. The molecule has 1 heterocycles. The summed E-state index contributed by atoms with van der Waals surface area (Å²) in [5.41, 5.74) is 1.09. The van der Waals surface area contributed by atoms with Crippen molar-refractivity contribution in [2.24, 2.45) is 0 Å². The van der Waals surface area contributed by atoms with E-state index < -0.39 is 20.9 Å². The summed E-state index contributed by atoms with van der Waals surface area (Å²) in [4.78, 5) is 25.2. The average molecular weight is 403 g/mol. The first-order valence-electron chi connectivity index (χ1n) is 8.99. The van der Waals surface area contributed by atoms with Gasteiger partial charge in [0.15, 0.2) is 0 Å². The number of benzene rings is 2. The molecule has 9 heteroatoms. The molecule has 0 N–H and O–H groups in total. The molecule has 0 saturated carbocycles. The van der Waals surface area contributed by atoms with Gasteiger partial charge < -0.3 is 4.90 Å². The molecule has 2 aromatic rings. The maximum atomic E-state index is 12.9. The van der Waals surface area contributed by atoms with E-state index in [4.69, 9.17) is 0 Å². The summed E-state index contributed by atoms with van der Waals surface area (Å²) in [5.74, 6) is -0.467.